The second kappa shape index (κ2) is 7.70. The minimum absolute atomic E-state index is 0.0591. The van der Waals surface area contributed by atoms with Crippen molar-refractivity contribution in [3.63, 3.8) is 0 Å². The molecule has 6 heteroatoms. The summed E-state index contributed by atoms with van der Waals surface area (Å²) in [5, 5.41) is 0. The van der Waals surface area contributed by atoms with Crippen LogP contribution in [0.3, 0.4) is 0 Å². The molecule has 0 radical (unpaired) electrons. The summed E-state index contributed by atoms with van der Waals surface area (Å²) in [6.07, 6.45) is -0.320. The monoisotopic (exact) mass is 396 g/mol. The lowest BCUT2D eigenvalue weighted by Gasteiger charge is -2.19. The Morgan fingerprint density at radius 1 is 1.03 bits per heavy atom. The first-order valence-corrected chi connectivity index (χ1v) is 9.39. The SMILES string of the molecule is O=C(c1ccc(-c2ccccc2)c(C(F)(F)F)c1)N1CCC(c2cccnc2)C1. The lowest BCUT2D eigenvalue weighted by molar-refractivity contribution is -0.137. The van der Waals surface area contributed by atoms with E-state index < -0.39 is 11.7 Å². The van der Waals surface area contributed by atoms with Gasteiger partial charge in [0.05, 0.1) is 5.56 Å². The van der Waals surface area contributed by atoms with Crippen LogP contribution in [0, 0.1) is 0 Å². The first-order valence-electron chi connectivity index (χ1n) is 9.39. The largest absolute Gasteiger partial charge is 0.417 e. The maximum absolute atomic E-state index is 13.7. The van der Waals surface area contributed by atoms with Crippen molar-refractivity contribution in [1.29, 1.82) is 0 Å². The maximum atomic E-state index is 13.7. The molecule has 1 aromatic heterocycles. The number of hydrogen-bond acceptors (Lipinski definition) is 2. The number of likely N-dealkylation sites (tertiary alicyclic amines) is 1. The number of aromatic nitrogens is 1. The van der Waals surface area contributed by atoms with Gasteiger partial charge in [0.2, 0.25) is 0 Å². The van der Waals surface area contributed by atoms with E-state index in [0.717, 1.165) is 18.1 Å². The first-order chi connectivity index (χ1) is 13.9. The van der Waals surface area contributed by atoms with Gasteiger partial charge in [0.15, 0.2) is 0 Å². The van der Waals surface area contributed by atoms with Crippen molar-refractivity contribution in [2.24, 2.45) is 0 Å². The van der Waals surface area contributed by atoms with Gasteiger partial charge in [-0.15, -0.1) is 0 Å². The number of amides is 1. The van der Waals surface area contributed by atoms with Crippen LogP contribution in [0.5, 0.6) is 0 Å². The molecule has 2 aromatic carbocycles. The van der Waals surface area contributed by atoms with Crippen molar-refractivity contribution in [2.45, 2.75) is 18.5 Å². The molecule has 0 bridgehead atoms. The number of rotatable bonds is 3. The molecule has 1 saturated heterocycles. The van der Waals surface area contributed by atoms with Crippen LogP contribution in [-0.2, 0) is 6.18 Å². The van der Waals surface area contributed by atoms with Gasteiger partial charge in [-0.2, -0.15) is 13.2 Å². The molecule has 1 aliphatic heterocycles. The van der Waals surface area contributed by atoms with Crippen molar-refractivity contribution < 1.29 is 18.0 Å². The van der Waals surface area contributed by atoms with Crippen LogP contribution in [0.25, 0.3) is 11.1 Å². The van der Waals surface area contributed by atoms with Crippen LogP contribution >= 0.6 is 0 Å². The quantitative estimate of drug-likeness (QED) is 0.594. The second-order valence-electron chi connectivity index (χ2n) is 7.15. The van der Waals surface area contributed by atoms with E-state index in [4.69, 9.17) is 0 Å². The van der Waals surface area contributed by atoms with E-state index in [2.05, 4.69) is 4.98 Å². The highest BCUT2D eigenvalue weighted by molar-refractivity contribution is 5.95. The van der Waals surface area contributed by atoms with Crippen LogP contribution < -0.4 is 0 Å². The summed E-state index contributed by atoms with van der Waals surface area (Å²) in [6, 6.07) is 16.0. The molecular formula is C23H19F3N2O. The number of halogens is 3. The zero-order valence-electron chi connectivity index (χ0n) is 15.6. The zero-order valence-corrected chi connectivity index (χ0v) is 15.6. The fraction of sp³-hybridized carbons (Fsp3) is 0.217. The number of nitrogens with zero attached hydrogens (tertiary/aromatic N) is 2. The van der Waals surface area contributed by atoms with E-state index >= 15 is 0 Å². The summed E-state index contributed by atoms with van der Waals surface area (Å²) in [5.74, 6) is -0.222. The summed E-state index contributed by atoms with van der Waals surface area (Å²) in [4.78, 5) is 18.6. The van der Waals surface area contributed by atoms with Gasteiger partial charge in [0.25, 0.3) is 5.91 Å². The third kappa shape index (κ3) is 4.01. The summed E-state index contributed by atoms with van der Waals surface area (Å²) in [5.41, 5.74) is 0.848. The summed E-state index contributed by atoms with van der Waals surface area (Å²) in [7, 11) is 0. The number of carbonyl (C=O) groups is 1. The first kappa shape index (κ1) is 19.2. The number of carbonyl (C=O) groups excluding carboxylic acids is 1. The molecule has 0 spiro atoms. The molecule has 0 saturated carbocycles. The molecular weight excluding hydrogens is 377 g/mol. The Bertz CT molecular complexity index is 1000. The Morgan fingerprint density at radius 3 is 2.52 bits per heavy atom. The molecule has 1 fully saturated rings. The number of pyridine rings is 1. The van der Waals surface area contributed by atoms with Crippen LogP contribution in [0.15, 0.2) is 73.1 Å². The van der Waals surface area contributed by atoms with Crippen molar-refractivity contribution in [3.8, 4) is 11.1 Å². The van der Waals surface area contributed by atoms with Gasteiger partial charge in [-0.05, 0) is 41.3 Å². The molecule has 2 heterocycles. The Balaban J connectivity index is 1.61. The Hall–Kier alpha value is -3.15. The molecule has 3 aromatic rings. The summed E-state index contributed by atoms with van der Waals surface area (Å²) >= 11 is 0. The highest BCUT2D eigenvalue weighted by Crippen LogP contribution is 2.38. The van der Waals surface area contributed by atoms with Gasteiger partial charge >= 0.3 is 6.18 Å². The fourth-order valence-electron chi connectivity index (χ4n) is 3.80. The molecule has 1 amide bonds. The average molecular weight is 396 g/mol. The van der Waals surface area contributed by atoms with Crippen LogP contribution in [0.4, 0.5) is 13.2 Å². The number of benzene rings is 2. The lowest BCUT2D eigenvalue weighted by atomic mass is 9.96. The minimum atomic E-state index is -4.55. The number of hydrogen-bond donors (Lipinski definition) is 0. The predicted octanol–water partition coefficient (Wildman–Crippen LogP) is 5.40. The molecule has 1 atom stereocenters. The fourth-order valence-corrected chi connectivity index (χ4v) is 3.80. The smallest absolute Gasteiger partial charge is 0.338 e. The predicted molar refractivity (Wildman–Crippen MR) is 104 cm³/mol. The van der Waals surface area contributed by atoms with Gasteiger partial charge in [-0.1, -0.05) is 42.5 Å². The third-order valence-corrected chi connectivity index (χ3v) is 5.29. The van der Waals surface area contributed by atoms with Gasteiger partial charge in [-0.3, -0.25) is 9.78 Å². The van der Waals surface area contributed by atoms with Crippen LogP contribution in [0.2, 0.25) is 0 Å². The average Bonchev–Trinajstić information content (AvgIpc) is 3.24. The topological polar surface area (TPSA) is 33.2 Å². The van der Waals surface area contributed by atoms with Crippen LogP contribution in [0.1, 0.15) is 33.8 Å². The molecule has 148 valence electrons. The third-order valence-electron chi connectivity index (χ3n) is 5.29. The summed E-state index contributed by atoms with van der Waals surface area (Å²) < 4.78 is 41.1. The number of alkyl halides is 3. The van der Waals surface area contributed by atoms with Crippen molar-refractivity contribution in [3.05, 3.63) is 89.7 Å². The minimum Gasteiger partial charge on any atom is -0.338 e. The van der Waals surface area contributed by atoms with E-state index in [1.165, 1.54) is 12.1 Å². The molecule has 3 nitrogen and oxygen atoms in total. The Morgan fingerprint density at radius 2 is 1.83 bits per heavy atom. The van der Waals surface area contributed by atoms with Crippen molar-refractivity contribution >= 4 is 5.91 Å². The van der Waals surface area contributed by atoms with Crippen molar-refractivity contribution in [1.82, 2.24) is 9.88 Å². The van der Waals surface area contributed by atoms with Crippen LogP contribution in [-0.4, -0.2) is 28.9 Å². The molecule has 4 rings (SSSR count). The molecule has 1 aliphatic rings. The standard InChI is InChI=1S/C23H19F3N2O/c24-23(25,26)21-13-17(8-9-20(21)16-5-2-1-3-6-16)22(29)28-12-10-19(15-28)18-7-4-11-27-14-18/h1-9,11,13-14,19H,10,12,15H2. The van der Waals surface area contributed by atoms with E-state index in [1.54, 1.807) is 47.6 Å². The van der Waals surface area contributed by atoms with Crippen molar-refractivity contribution in [2.75, 3.05) is 13.1 Å². The van der Waals surface area contributed by atoms with Gasteiger partial charge in [0.1, 0.15) is 0 Å². The van der Waals surface area contributed by atoms with Gasteiger partial charge in [-0.25, -0.2) is 0 Å². The Labute approximate surface area is 166 Å². The molecule has 1 unspecified atom stereocenters. The second-order valence-corrected chi connectivity index (χ2v) is 7.15. The van der Waals surface area contributed by atoms with E-state index in [0.29, 0.717) is 18.7 Å². The molecule has 29 heavy (non-hydrogen) atoms. The van der Waals surface area contributed by atoms with E-state index in [1.807, 2.05) is 12.1 Å². The highest BCUT2D eigenvalue weighted by atomic mass is 19.4. The lowest BCUT2D eigenvalue weighted by Crippen LogP contribution is -2.28. The Kier molecular flexibility index (Phi) is 5.09. The molecule has 0 aliphatic carbocycles. The maximum Gasteiger partial charge on any atom is 0.417 e. The van der Waals surface area contributed by atoms with Gasteiger partial charge < -0.3 is 4.90 Å². The van der Waals surface area contributed by atoms with E-state index in [9.17, 15) is 18.0 Å². The summed E-state index contributed by atoms with van der Waals surface area (Å²) in [6.45, 7) is 0.993. The molecule has 0 N–H and O–H groups in total. The normalized spacial score (nSPS) is 16.8. The van der Waals surface area contributed by atoms with E-state index in [-0.39, 0.29) is 23.0 Å². The van der Waals surface area contributed by atoms with Gasteiger partial charge in [0, 0.05) is 37.0 Å². The zero-order chi connectivity index (χ0) is 20.4. The highest BCUT2D eigenvalue weighted by Gasteiger charge is 2.35.